The molecule has 10 heteroatoms. The summed E-state index contributed by atoms with van der Waals surface area (Å²) in [6, 6.07) is 13.7. The Kier molecular flexibility index (Phi) is 5.11. The number of rotatable bonds is 3. The van der Waals surface area contributed by atoms with Gasteiger partial charge in [-0.2, -0.15) is 4.98 Å². The van der Waals surface area contributed by atoms with E-state index in [1.165, 1.54) is 17.8 Å². The lowest BCUT2D eigenvalue weighted by Crippen LogP contribution is -2.37. The van der Waals surface area contributed by atoms with Crippen molar-refractivity contribution in [2.24, 2.45) is 0 Å². The molecule has 2 N–H and O–H groups in total. The van der Waals surface area contributed by atoms with Gasteiger partial charge >= 0.3 is 11.6 Å². The summed E-state index contributed by atoms with van der Waals surface area (Å²) in [4.78, 5) is 30.2. The predicted octanol–water partition coefficient (Wildman–Crippen LogP) is 2.61. The van der Waals surface area contributed by atoms with Crippen LogP contribution in [0.3, 0.4) is 0 Å². The molecule has 2 aromatic carbocycles. The Morgan fingerprint density at radius 3 is 2.52 bits per heavy atom. The molecule has 166 valence electrons. The van der Waals surface area contributed by atoms with Crippen LogP contribution < -0.4 is 22.3 Å². The molecule has 3 heterocycles. The van der Waals surface area contributed by atoms with Crippen LogP contribution in [0.15, 0.2) is 62.2 Å². The maximum atomic E-state index is 13.0. The van der Waals surface area contributed by atoms with Gasteiger partial charge in [0.15, 0.2) is 0 Å². The summed E-state index contributed by atoms with van der Waals surface area (Å²) in [5.74, 6) is -1.44. The Morgan fingerprint density at radius 1 is 1.12 bits per heavy atom. The van der Waals surface area contributed by atoms with Gasteiger partial charge in [0.25, 0.3) is 6.01 Å². The van der Waals surface area contributed by atoms with Crippen LogP contribution >= 0.6 is 23.2 Å². The third-order valence-electron chi connectivity index (χ3n) is 5.31. The van der Waals surface area contributed by atoms with Crippen LogP contribution in [0.2, 0.25) is 10.0 Å². The summed E-state index contributed by atoms with van der Waals surface area (Å²) >= 11 is 12.7. The molecule has 1 aliphatic heterocycles. The van der Waals surface area contributed by atoms with E-state index >= 15 is 0 Å². The normalized spacial score (nSPS) is 15.3. The highest BCUT2D eigenvalue weighted by Crippen LogP contribution is 2.41. The van der Waals surface area contributed by atoms with E-state index in [-0.39, 0.29) is 34.1 Å². The molecule has 0 aliphatic carbocycles. The topological polar surface area (TPSA) is 113 Å². The fourth-order valence-electron chi connectivity index (χ4n) is 3.90. The molecule has 0 saturated carbocycles. The second-order valence-corrected chi connectivity index (χ2v) is 8.00. The molecule has 5 rings (SSSR count). The zero-order chi connectivity index (χ0) is 23.3. The number of nitrogens with two attached hydrogens (primary N) is 1. The molecule has 33 heavy (non-hydrogen) atoms. The molecular formula is C23H15Cl2N3O5. The highest BCUT2D eigenvalue weighted by atomic mass is 35.5. The predicted molar refractivity (Wildman–Crippen MR) is 122 cm³/mol. The van der Waals surface area contributed by atoms with Crippen molar-refractivity contribution in [1.29, 1.82) is 0 Å². The number of esters is 1. The monoisotopic (exact) mass is 483 g/mol. The van der Waals surface area contributed by atoms with Crippen molar-refractivity contribution in [3.8, 4) is 5.88 Å². The zero-order valence-corrected chi connectivity index (χ0v) is 18.6. The lowest BCUT2D eigenvalue weighted by atomic mass is 9.87. The Labute approximate surface area is 196 Å². The molecule has 8 nitrogen and oxygen atoms in total. The highest BCUT2D eigenvalue weighted by molar-refractivity contribution is 6.32. The summed E-state index contributed by atoms with van der Waals surface area (Å²) in [6.07, 6.45) is 1.53. The molecule has 0 saturated heterocycles. The van der Waals surface area contributed by atoms with Crippen molar-refractivity contribution < 1.29 is 18.4 Å². The van der Waals surface area contributed by atoms with E-state index in [9.17, 15) is 9.59 Å². The largest absolute Gasteiger partial charge is 0.465 e. The number of oxazole rings is 2. The number of hydrogen-bond donors (Lipinski definition) is 1. The molecule has 0 fully saturated rings. The van der Waals surface area contributed by atoms with E-state index in [4.69, 9.17) is 42.5 Å². The third kappa shape index (κ3) is 3.35. The number of anilines is 1. The highest BCUT2D eigenvalue weighted by Gasteiger charge is 2.40. The van der Waals surface area contributed by atoms with Crippen LogP contribution in [0.4, 0.5) is 6.01 Å². The van der Waals surface area contributed by atoms with Crippen molar-refractivity contribution in [2.45, 2.75) is 5.92 Å². The minimum absolute atomic E-state index is 0.0299. The Morgan fingerprint density at radius 2 is 1.82 bits per heavy atom. The van der Waals surface area contributed by atoms with Crippen molar-refractivity contribution >= 4 is 46.8 Å². The lowest BCUT2D eigenvalue weighted by Gasteiger charge is -2.22. The molecular weight excluding hydrogens is 469 g/mol. The number of benzene rings is 2. The minimum atomic E-state index is -0.846. The molecule has 0 unspecified atom stereocenters. The van der Waals surface area contributed by atoms with Crippen molar-refractivity contribution in [3.05, 3.63) is 96.7 Å². The van der Waals surface area contributed by atoms with Gasteiger partial charge in [-0.25, -0.2) is 14.2 Å². The molecule has 0 spiro atoms. The average molecular weight is 484 g/mol. The summed E-state index contributed by atoms with van der Waals surface area (Å²) in [5.41, 5.74) is 6.53. The summed E-state index contributed by atoms with van der Waals surface area (Å²) in [7, 11) is 1.23. The molecule has 2 aromatic heterocycles. The van der Waals surface area contributed by atoms with Gasteiger partial charge in [0.1, 0.15) is 16.6 Å². The first-order chi connectivity index (χ1) is 15.9. The van der Waals surface area contributed by atoms with E-state index in [1.807, 2.05) is 0 Å². The van der Waals surface area contributed by atoms with Crippen LogP contribution in [0.1, 0.15) is 22.7 Å². The summed E-state index contributed by atoms with van der Waals surface area (Å²) in [5, 5.41) is 0.864. The maximum absolute atomic E-state index is 13.0. The standard InChI is InChI=1S/C23H15Cl2N3O5/c1-31-22(30)17-16(12-7-3-5-9-14(12)25)18-20(33-23(26)27-18)28-15(21(29)32-19(17)28)10-11-6-2-4-8-13(11)24/h2-10,16H,1H3,(H2,26,27)/b15-10+/t16-/m1/s1. The number of nitrogen functional groups attached to an aromatic ring is 1. The first-order valence-electron chi connectivity index (χ1n) is 9.72. The average Bonchev–Trinajstić information content (AvgIpc) is 3.33. The fraction of sp³-hybridized carbons (Fsp3) is 0.0870. The Bertz CT molecular complexity index is 1600. The van der Waals surface area contributed by atoms with Gasteiger partial charge in [0.2, 0.25) is 11.4 Å². The number of carbonyl (C=O) groups is 1. The summed E-state index contributed by atoms with van der Waals surface area (Å²) < 4.78 is 17.6. The second kappa shape index (κ2) is 7.99. The van der Waals surface area contributed by atoms with Crippen LogP contribution in [-0.4, -0.2) is 22.6 Å². The van der Waals surface area contributed by atoms with Crippen LogP contribution in [0.5, 0.6) is 0 Å². The molecule has 0 bridgehead atoms. The van der Waals surface area contributed by atoms with Gasteiger partial charge in [-0.1, -0.05) is 59.6 Å². The molecule has 0 amide bonds. The number of ether oxygens (including phenoxy) is 1. The first-order valence-corrected chi connectivity index (χ1v) is 10.5. The molecule has 4 aromatic rings. The van der Waals surface area contributed by atoms with Gasteiger partial charge in [-0.3, -0.25) is 0 Å². The van der Waals surface area contributed by atoms with Crippen LogP contribution in [-0.2, 0) is 9.53 Å². The van der Waals surface area contributed by atoms with E-state index < -0.39 is 17.5 Å². The van der Waals surface area contributed by atoms with Crippen molar-refractivity contribution in [1.82, 2.24) is 9.55 Å². The van der Waals surface area contributed by atoms with E-state index in [0.717, 1.165) is 0 Å². The fourth-order valence-corrected chi connectivity index (χ4v) is 4.34. The van der Waals surface area contributed by atoms with Crippen molar-refractivity contribution in [2.75, 3.05) is 12.8 Å². The van der Waals surface area contributed by atoms with Crippen LogP contribution in [0, 0.1) is 0 Å². The van der Waals surface area contributed by atoms with Crippen molar-refractivity contribution in [3.63, 3.8) is 0 Å². The van der Waals surface area contributed by atoms with Gasteiger partial charge < -0.3 is 19.3 Å². The van der Waals surface area contributed by atoms with Crippen LogP contribution in [0.25, 0.3) is 17.5 Å². The molecule has 1 atom stereocenters. The number of aromatic nitrogens is 2. The summed E-state index contributed by atoms with van der Waals surface area (Å²) in [6.45, 7) is 0. The number of carbonyl (C=O) groups excluding carboxylic acids is 1. The maximum Gasteiger partial charge on any atom is 0.362 e. The van der Waals surface area contributed by atoms with Gasteiger partial charge in [-0.05, 0) is 29.3 Å². The minimum Gasteiger partial charge on any atom is -0.465 e. The smallest absolute Gasteiger partial charge is 0.362 e. The Hall–Kier alpha value is -3.75. The lowest BCUT2D eigenvalue weighted by molar-refractivity contribution is -0.134. The van der Waals surface area contributed by atoms with E-state index in [1.54, 1.807) is 48.5 Å². The SMILES string of the molecule is COC(=O)C1=c2oc(=O)/c(=C\c3ccccc3Cl)n2-c2oc(N)nc2[C@@H]1c1ccccc1Cl. The van der Waals surface area contributed by atoms with Gasteiger partial charge in [0.05, 0.1) is 13.0 Å². The first kappa shape index (κ1) is 21.1. The van der Waals surface area contributed by atoms with Gasteiger partial charge in [-0.15, -0.1) is 0 Å². The number of fused-ring (bicyclic) bond motifs is 3. The van der Waals surface area contributed by atoms with E-state index in [0.29, 0.717) is 21.2 Å². The Balaban J connectivity index is 1.95. The number of methoxy groups -OCH3 is 1. The second-order valence-electron chi connectivity index (χ2n) is 7.18. The molecule has 0 radical (unpaired) electrons. The third-order valence-corrected chi connectivity index (χ3v) is 6.00. The van der Waals surface area contributed by atoms with E-state index in [2.05, 4.69) is 4.98 Å². The van der Waals surface area contributed by atoms with Gasteiger partial charge in [0, 0.05) is 10.0 Å². The number of hydrogen-bond acceptors (Lipinski definition) is 7. The zero-order valence-electron chi connectivity index (χ0n) is 17.0. The quantitative estimate of drug-likeness (QED) is 0.445. The molecule has 1 aliphatic rings. The number of halogens is 2. The number of nitrogens with zero attached hydrogens (tertiary/aromatic N) is 2.